The highest BCUT2D eigenvalue weighted by atomic mass is 32.2. The summed E-state index contributed by atoms with van der Waals surface area (Å²) in [6, 6.07) is 3.27. The lowest BCUT2D eigenvalue weighted by Crippen LogP contribution is -2.25. The fourth-order valence-corrected chi connectivity index (χ4v) is 4.35. The molecule has 2 rings (SSSR count). The zero-order valence-corrected chi connectivity index (χ0v) is 10.8. The summed E-state index contributed by atoms with van der Waals surface area (Å²) >= 11 is 3.40. The number of carbonyl (C=O) groups is 1. The third kappa shape index (κ3) is 3.71. The molecule has 1 aliphatic rings. The normalized spacial score (nSPS) is 20.2. The molecule has 5 heteroatoms. The summed E-state index contributed by atoms with van der Waals surface area (Å²) in [6.45, 7) is 0. The molecule has 0 bridgehead atoms. The van der Waals surface area contributed by atoms with Crippen molar-refractivity contribution < 1.29 is 13.6 Å². The number of rotatable bonds is 3. The van der Waals surface area contributed by atoms with Gasteiger partial charge in [-0.15, -0.1) is 11.8 Å². The van der Waals surface area contributed by atoms with Crippen LogP contribution in [-0.4, -0.2) is 28.3 Å². The van der Waals surface area contributed by atoms with Crippen LogP contribution in [0.1, 0.15) is 5.56 Å². The Labute approximate surface area is 107 Å². The second kappa shape index (κ2) is 5.87. The molecule has 1 aromatic carbocycles. The molecule has 0 spiro atoms. The van der Waals surface area contributed by atoms with Crippen molar-refractivity contribution in [3.05, 3.63) is 35.4 Å². The Balaban J connectivity index is 2.01. The monoisotopic (exact) mass is 274 g/mol. The highest BCUT2D eigenvalue weighted by molar-refractivity contribution is 8.07. The van der Waals surface area contributed by atoms with Crippen LogP contribution in [0.3, 0.4) is 0 Å². The van der Waals surface area contributed by atoms with E-state index in [1.807, 2.05) is 0 Å². The van der Waals surface area contributed by atoms with Gasteiger partial charge in [0.05, 0.1) is 5.25 Å². The number of hydrogen-bond donors (Lipinski definition) is 0. The van der Waals surface area contributed by atoms with Crippen LogP contribution in [-0.2, 0) is 11.2 Å². The van der Waals surface area contributed by atoms with E-state index in [9.17, 15) is 13.6 Å². The summed E-state index contributed by atoms with van der Waals surface area (Å²) < 4.78 is 25.9. The standard InChI is InChI=1S/C12H12F2OS2/c13-9-3-8(4-10(14)6-9)5-11(15)12-7-16-1-2-17-12/h3-4,6,12H,1-2,5,7H2. The molecule has 0 amide bonds. The first-order chi connectivity index (χ1) is 8.15. The van der Waals surface area contributed by atoms with Crippen LogP contribution >= 0.6 is 23.5 Å². The average molecular weight is 274 g/mol. The highest BCUT2D eigenvalue weighted by Crippen LogP contribution is 2.25. The maximum Gasteiger partial charge on any atom is 0.151 e. The van der Waals surface area contributed by atoms with Crippen molar-refractivity contribution in [1.82, 2.24) is 0 Å². The molecular weight excluding hydrogens is 262 g/mol. The van der Waals surface area contributed by atoms with Gasteiger partial charge < -0.3 is 0 Å². The first-order valence-corrected chi connectivity index (χ1v) is 7.52. The average Bonchev–Trinajstić information content (AvgIpc) is 2.28. The van der Waals surface area contributed by atoms with Crippen molar-refractivity contribution in [1.29, 1.82) is 0 Å². The molecule has 0 radical (unpaired) electrons. The Hall–Kier alpha value is -0.550. The van der Waals surface area contributed by atoms with E-state index in [-0.39, 0.29) is 17.5 Å². The van der Waals surface area contributed by atoms with E-state index in [4.69, 9.17) is 0 Å². The van der Waals surface area contributed by atoms with E-state index in [0.717, 1.165) is 23.3 Å². The van der Waals surface area contributed by atoms with Crippen molar-refractivity contribution in [3.63, 3.8) is 0 Å². The van der Waals surface area contributed by atoms with Gasteiger partial charge in [0.25, 0.3) is 0 Å². The second-order valence-corrected chi connectivity index (χ2v) is 6.32. The Morgan fingerprint density at radius 1 is 1.24 bits per heavy atom. The summed E-state index contributed by atoms with van der Waals surface area (Å²) in [4.78, 5) is 11.9. The van der Waals surface area contributed by atoms with E-state index in [2.05, 4.69) is 0 Å². The summed E-state index contributed by atoms with van der Waals surface area (Å²) in [7, 11) is 0. The zero-order valence-electron chi connectivity index (χ0n) is 9.12. The molecule has 1 aromatic rings. The molecule has 1 saturated heterocycles. The van der Waals surface area contributed by atoms with Gasteiger partial charge in [-0.05, 0) is 17.7 Å². The Morgan fingerprint density at radius 2 is 1.94 bits per heavy atom. The smallest absolute Gasteiger partial charge is 0.151 e. The maximum absolute atomic E-state index is 13.0. The Bertz CT molecular complexity index is 397. The third-order valence-electron chi connectivity index (χ3n) is 2.48. The van der Waals surface area contributed by atoms with Crippen LogP contribution in [0.4, 0.5) is 8.78 Å². The summed E-state index contributed by atoms with van der Waals surface area (Å²) in [5.41, 5.74) is 0.420. The van der Waals surface area contributed by atoms with Gasteiger partial charge in [-0.1, -0.05) is 0 Å². The van der Waals surface area contributed by atoms with E-state index < -0.39 is 11.6 Å². The van der Waals surface area contributed by atoms with Gasteiger partial charge in [-0.3, -0.25) is 4.79 Å². The number of ketones is 1. The fourth-order valence-electron chi connectivity index (χ4n) is 1.70. The number of carbonyl (C=O) groups excluding carboxylic acids is 1. The minimum Gasteiger partial charge on any atom is -0.298 e. The molecule has 1 fully saturated rings. The molecule has 1 unspecified atom stereocenters. The Kier molecular flexibility index (Phi) is 4.45. The van der Waals surface area contributed by atoms with Gasteiger partial charge in [0.1, 0.15) is 11.6 Å². The van der Waals surface area contributed by atoms with Crippen molar-refractivity contribution in [2.24, 2.45) is 0 Å². The third-order valence-corrected chi connectivity index (χ3v) is 5.28. The molecule has 0 N–H and O–H groups in total. The molecule has 0 aliphatic carbocycles. The van der Waals surface area contributed by atoms with E-state index in [1.165, 1.54) is 12.1 Å². The number of benzene rings is 1. The van der Waals surface area contributed by atoms with Gasteiger partial charge in [-0.2, -0.15) is 11.8 Å². The van der Waals surface area contributed by atoms with E-state index >= 15 is 0 Å². The first kappa shape index (κ1) is 12.9. The van der Waals surface area contributed by atoms with Gasteiger partial charge in [0.15, 0.2) is 5.78 Å². The molecule has 92 valence electrons. The van der Waals surface area contributed by atoms with Gasteiger partial charge >= 0.3 is 0 Å². The van der Waals surface area contributed by atoms with Crippen molar-refractivity contribution in [2.45, 2.75) is 11.7 Å². The Morgan fingerprint density at radius 3 is 2.53 bits per heavy atom. The van der Waals surface area contributed by atoms with Crippen LogP contribution in [0.25, 0.3) is 0 Å². The van der Waals surface area contributed by atoms with Gasteiger partial charge in [-0.25, -0.2) is 8.78 Å². The zero-order chi connectivity index (χ0) is 12.3. The van der Waals surface area contributed by atoms with Crippen molar-refractivity contribution in [2.75, 3.05) is 17.3 Å². The van der Waals surface area contributed by atoms with Crippen molar-refractivity contribution >= 4 is 29.3 Å². The predicted octanol–water partition coefficient (Wildman–Crippen LogP) is 2.93. The molecule has 1 heterocycles. The van der Waals surface area contributed by atoms with Crippen LogP contribution in [0.5, 0.6) is 0 Å². The summed E-state index contributed by atoms with van der Waals surface area (Å²) in [6.07, 6.45) is 0.118. The van der Waals surface area contributed by atoms with Gasteiger partial charge in [0.2, 0.25) is 0 Å². The summed E-state index contributed by atoms with van der Waals surface area (Å²) in [5, 5.41) is -0.0277. The van der Waals surface area contributed by atoms with E-state index in [1.54, 1.807) is 23.5 Å². The predicted molar refractivity (Wildman–Crippen MR) is 68.6 cm³/mol. The van der Waals surface area contributed by atoms with Gasteiger partial charge in [0, 0.05) is 29.7 Å². The topological polar surface area (TPSA) is 17.1 Å². The number of halogens is 2. The summed E-state index contributed by atoms with van der Waals surface area (Å²) in [5.74, 6) is 1.66. The number of Topliss-reactive ketones (excluding diaryl/α,β-unsaturated/α-hetero) is 1. The lowest BCUT2D eigenvalue weighted by atomic mass is 10.1. The van der Waals surface area contributed by atoms with Crippen LogP contribution in [0.2, 0.25) is 0 Å². The fraction of sp³-hybridized carbons (Fsp3) is 0.417. The minimum absolute atomic E-state index is 0.0277. The largest absolute Gasteiger partial charge is 0.298 e. The van der Waals surface area contributed by atoms with Crippen LogP contribution < -0.4 is 0 Å². The lowest BCUT2D eigenvalue weighted by molar-refractivity contribution is -0.117. The first-order valence-electron chi connectivity index (χ1n) is 5.32. The van der Waals surface area contributed by atoms with Crippen LogP contribution in [0, 0.1) is 11.6 Å². The highest BCUT2D eigenvalue weighted by Gasteiger charge is 2.22. The molecule has 17 heavy (non-hydrogen) atoms. The maximum atomic E-state index is 13.0. The lowest BCUT2D eigenvalue weighted by Gasteiger charge is -2.19. The molecular formula is C12H12F2OS2. The quantitative estimate of drug-likeness (QED) is 0.843. The molecule has 0 saturated carbocycles. The molecule has 1 nitrogen and oxygen atoms in total. The number of hydrogen-bond acceptors (Lipinski definition) is 3. The molecule has 0 aromatic heterocycles. The molecule has 1 aliphatic heterocycles. The van der Waals surface area contributed by atoms with Crippen LogP contribution in [0.15, 0.2) is 18.2 Å². The number of thioether (sulfide) groups is 2. The second-order valence-electron chi connectivity index (χ2n) is 3.86. The van der Waals surface area contributed by atoms with Crippen molar-refractivity contribution in [3.8, 4) is 0 Å². The van der Waals surface area contributed by atoms with E-state index in [0.29, 0.717) is 5.56 Å². The minimum atomic E-state index is -0.626. The SMILES string of the molecule is O=C(Cc1cc(F)cc(F)c1)C1CSCCS1. The molecule has 1 atom stereocenters.